The molecule has 0 atom stereocenters. The van der Waals surface area contributed by atoms with Crippen LogP contribution in [0.25, 0.3) is 15.9 Å². The van der Waals surface area contributed by atoms with Gasteiger partial charge >= 0.3 is 5.97 Å². The summed E-state index contributed by atoms with van der Waals surface area (Å²) in [6.07, 6.45) is 2.92. The van der Waals surface area contributed by atoms with Gasteiger partial charge in [-0.1, -0.05) is 30.3 Å². The maximum atomic E-state index is 13.3. The predicted octanol–water partition coefficient (Wildman–Crippen LogP) is 5.17. The van der Waals surface area contributed by atoms with Gasteiger partial charge in [0.1, 0.15) is 15.5 Å². The molecular formula is C27H26FN3O3S. The Kier molecular flexibility index (Phi) is 6.63. The van der Waals surface area contributed by atoms with Gasteiger partial charge in [0.2, 0.25) is 0 Å². The van der Waals surface area contributed by atoms with Gasteiger partial charge in [-0.3, -0.25) is 4.79 Å². The molecule has 0 saturated carbocycles. The molecule has 1 saturated heterocycles. The first-order chi connectivity index (χ1) is 17.0. The smallest absolute Gasteiger partial charge is 0.348 e. The van der Waals surface area contributed by atoms with Crippen LogP contribution in [-0.2, 0) is 16.0 Å². The molecule has 5 rings (SSSR count). The Labute approximate surface area is 206 Å². The second-order valence-electron chi connectivity index (χ2n) is 8.89. The highest BCUT2D eigenvalue weighted by Gasteiger charge is 2.25. The van der Waals surface area contributed by atoms with E-state index in [0.717, 1.165) is 35.2 Å². The lowest BCUT2D eigenvalue weighted by atomic mass is 9.90. The Bertz CT molecular complexity index is 1340. The Morgan fingerprint density at radius 2 is 1.80 bits per heavy atom. The molecule has 2 aromatic carbocycles. The zero-order chi connectivity index (χ0) is 24.4. The number of esters is 1. The number of rotatable bonds is 6. The largest absolute Gasteiger partial charge is 0.451 e. The number of fused-ring (bicyclic) bond motifs is 1. The normalized spacial score (nSPS) is 14.4. The van der Waals surface area contributed by atoms with E-state index in [9.17, 15) is 14.0 Å². The summed E-state index contributed by atoms with van der Waals surface area (Å²) in [6, 6.07) is 18.2. The van der Waals surface area contributed by atoms with E-state index in [-0.39, 0.29) is 18.3 Å². The maximum Gasteiger partial charge on any atom is 0.348 e. The van der Waals surface area contributed by atoms with Crippen LogP contribution < -0.4 is 0 Å². The minimum Gasteiger partial charge on any atom is -0.451 e. The number of benzene rings is 2. The van der Waals surface area contributed by atoms with Gasteiger partial charge in [-0.2, -0.15) is 5.10 Å². The maximum absolute atomic E-state index is 13.3. The summed E-state index contributed by atoms with van der Waals surface area (Å²) in [7, 11) is 0. The third kappa shape index (κ3) is 5.12. The molecule has 0 radical (unpaired) electrons. The fraction of sp³-hybridized carbons (Fsp3) is 0.296. The van der Waals surface area contributed by atoms with Gasteiger partial charge < -0.3 is 9.64 Å². The number of hydrogen-bond donors (Lipinski definition) is 0. The molecular weight excluding hydrogens is 465 g/mol. The molecule has 2 aromatic heterocycles. The van der Waals surface area contributed by atoms with E-state index in [2.05, 4.69) is 29.4 Å². The van der Waals surface area contributed by atoms with Crippen molar-refractivity contribution in [3.63, 3.8) is 0 Å². The topological polar surface area (TPSA) is 64.4 Å². The number of carbonyl (C=O) groups is 2. The molecule has 1 amide bonds. The van der Waals surface area contributed by atoms with Crippen LogP contribution in [0.4, 0.5) is 4.39 Å². The zero-order valence-electron chi connectivity index (χ0n) is 19.4. The molecule has 0 aliphatic carbocycles. The monoisotopic (exact) mass is 491 g/mol. The van der Waals surface area contributed by atoms with Gasteiger partial charge in [0.05, 0.1) is 11.4 Å². The van der Waals surface area contributed by atoms with Crippen molar-refractivity contribution in [3.8, 4) is 5.69 Å². The average Bonchev–Trinajstić information content (AvgIpc) is 3.45. The van der Waals surface area contributed by atoms with Crippen LogP contribution in [0, 0.1) is 18.7 Å². The number of piperidine rings is 1. The quantitative estimate of drug-likeness (QED) is 0.349. The van der Waals surface area contributed by atoms with Crippen molar-refractivity contribution < 1.29 is 18.7 Å². The number of thiophene rings is 1. The summed E-state index contributed by atoms with van der Waals surface area (Å²) >= 11 is 1.25. The summed E-state index contributed by atoms with van der Waals surface area (Å²) in [5.74, 6) is -0.448. The summed E-state index contributed by atoms with van der Waals surface area (Å²) in [4.78, 5) is 28.3. The van der Waals surface area contributed by atoms with Crippen LogP contribution in [0.15, 0.2) is 60.7 Å². The molecule has 8 heteroatoms. The summed E-state index contributed by atoms with van der Waals surface area (Å²) in [6.45, 7) is 2.96. The van der Waals surface area contributed by atoms with Gasteiger partial charge in [0.25, 0.3) is 5.91 Å². The van der Waals surface area contributed by atoms with Crippen LogP contribution in [-0.4, -0.2) is 46.3 Å². The number of halogens is 1. The molecule has 3 heterocycles. The second kappa shape index (κ2) is 10.00. The fourth-order valence-electron chi connectivity index (χ4n) is 4.53. The number of amides is 1. The molecule has 0 unspecified atom stereocenters. The first-order valence-corrected chi connectivity index (χ1v) is 12.5. The van der Waals surface area contributed by atoms with E-state index < -0.39 is 5.97 Å². The molecule has 1 aliphatic rings. The first kappa shape index (κ1) is 23.2. The van der Waals surface area contributed by atoms with Crippen LogP contribution in [0.5, 0.6) is 0 Å². The number of carbonyl (C=O) groups excluding carboxylic acids is 2. The minimum atomic E-state index is -0.524. The number of aromatic nitrogens is 2. The van der Waals surface area contributed by atoms with Crippen molar-refractivity contribution in [2.75, 3.05) is 19.7 Å². The van der Waals surface area contributed by atoms with Gasteiger partial charge in [-0.15, -0.1) is 11.3 Å². The van der Waals surface area contributed by atoms with Crippen LogP contribution in [0.2, 0.25) is 0 Å². The first-order valence-electron chi connectivity index (χ1n) is 11.7. The number of hydrogen-bond acceptors (Lipinski definition) is 5. The van der Waals surface area contributed by atoms with Gasteiger partial charge in [-0.05, 0) is 68.0 Å². The summed E-state index contributed by atoms with van der Waals surface area (Å²) in [5.41, 5.74) is 2.79. The number of aryl methyl sites for hydroxylation is 1. The molecule has 180 valence electrons. The van der Waals surface area contributed by atoms with Gasteiger partial charge in [-0.25, -0.2) is 13.9 Å². The van der Waals surface area contributed by atoms with Crippen LogP contribution in [0.1, 0.15) is 33.8 Å². The highest BCUT2D eigenvalue weighted by molar-refractivity contribution is 7.20. The minimum absolute atomic E-state index is 0.161. The van der Waals surface area contributed by atoms with E-state index >= 15 is 0 Å². The average molecular weight is 492 g/mol. The standard InChI is InChI=1S/C27H26FN3O3S/c1-18-23-16-24(35-26(23)31(29-18)22-9-7-21(28)8-10-22)27(33)34-17-25(32)30-13-11-20(12-14-30)15-19-5-3-2-4-6-19/h2-10,16,20H,11-15,17H2,1H3. The Morgan fingerprint density at radius 1 is 1.09 bits per heavy atom. The Balaban J connectivity index is 1.17. The van der Waals surface area contributed by atoms with Crippen molar-refractivity contribution in [1.29, 1.82) is 0 Å². The van der Waals surface area contributed by atoms with Crippen molar-refractivity contribution in [2.24, 2.45) is 5.92 Å². The van der Waals surface area contributed by atoms with Gasteiger partial charge in [0.15, 0.2) is 6.61 Å². The van der Waals surface area contributed by atoms with E-state index in [1.165, 1.54) is 29.0 Å². The third-order valence-electron chi connectivity index (χ3n) is 6.48. The van der Waals surface area contributed by atoms with Crippen LogP contribution in [0.3, 0.4) is 0 Å². The Morgan fingerprint density at radius 3 is 2.51 bits per heavy atom. The van der Waals surface area contributed by atoms with E-state index in [1.807, 2.05) is 13.0 Å². The number of nitrogens with zero attached hydrogens (tertiary/aromatic N) is 3. The fourth-order valence-corrected chi connectivity index (χ4v) is 5.61. The third-order valence-corrected chi connectivity index (χ3v) is 7.57. The van der Waals surface area contributed by atoms with Crippen molar-refractivity contribution in [3.05, 3.63) is 82.6 Å². The highest BCUT2D eigenvalue weighted by atomic mass is 32.1. The molecule has 6 nitrogen and oxygen atoms in total. The van der Waals surface area contributed by atoms with Crippen molar-refractivity contribution in [1.82, 2.24) is 14.7 Å². The Hall–Kier alpha value is -3.52. The number of ether oxygens (including phenoxy) is 1. The highest BCUT2D eigenvalue weighted by Crippen LogP contribution is 2.31. The van der Waals surface area contributed by atoms with E-state index in [4.69, 9.17) is 4.74 Å². The lowest BCUT2D eigenvalue weighted by Crippen LogP contribution is -2.41. The number of likely N-dealkylation sites (tertiary alicyclic amines) is 1. The second-order valence-corrected chi connectivity index (χ2v) is 9.92. The summed E-state index contributed by atoms with van der Waals surface area (Å²) < 4.78 is 20.4. The lowest BCUT2D eigenvalue weighted by Gasteiger charge is -2.32. The summed E-state index contributed by atoms with van der Waals surface area (Å²) in [5, 5.41) is 5.34. The van der Waals surface area contributed by atoms with Crippen molar-refractivity contribution in [2.45, 2.75) is 26.2 Å². The van der Waals surface area contributed by atoms with Gasteiger partial charge in [0, 0.05) is 18.5 Å². The molecule has 0 spiro atoms. The predicted molar refractivity (Wildman–Crippen MR) is 133 cm³/mol. The molecule has 0 N–H and O–H groups in total. The van der Waals surface area contributed by atoms with Crippen molar-refractivity contribution >= 4 is 33.4 Å². The molecule has 1 fully saturated rings. The van der Waals surface area contributed by atoms with Crippen LogP contribution >= 0.6 is 11.3 Å². The molecule has 0 bridgehead atoms. The van der Waals surface area contributed by atoms with E-state index in [0.29, 0.717) is 29.6 Å². The molecule has 4 aromatic rings. The molecule has 35 heavy (non-hydrogen) atoms. The lowest BCUT2D eigenvalue weighted by molar-refractivity contribution is -0.135. The van der Waals surface area contributed by atoms with E-state index in [1.54, 1.807) is 27.8 Å². The zero-order valence-corrected chi connectivity index (χ0v) is 20.3. The molecule has 1 aliphatic heterocycles. The SMILES string of the molecule is Cc1nn(-c2ccc(F)cc2)c2sc(C(=O)OCC(=O)N3CCC(Cc4ccccc4)CC3)cc12.